The molecule has 3 aliphatic rings. The monoisotopic (exact) mass is 510 g/mol. The van der Waals surface area contributed by atoms with Gasteiger partial charge in [0.15, 0.2) is 11.0 Å². The van der Waals surface area contributed by atoms with E-state index in [-0.39, 0.29) is 5.92 Å². The molecule has 36 heavy (non-hydrogen) atoms. The predicted octanol–water partition coefficient (Wildman–Crippen LogP) is 4.04. The molecule has 5 heterocycles. The van der Waals surface area contributed by atoms with Crippen LogP contribution in [-0.2, 0) is 11.3 Å². The zero-order valence-electron chi connectivity index (χ0n) is 21.5. The third kappa shape index (κ3) is 5.44. The van der Waals surface area contributed by atoms with Gasteiger partial charge in [-0.15, -0.1) is 0 Å². The van der Waals surface area contributed by atoms with E-state index in [1.807, 2.05) is 18.0 Å². The van der Waals surface area contributed by atoms with E-state index < -0.39 is 0 Å². The molecule has 0 radical (unpaired) electrons. The van der Waals surface area contributed by atoms with Crippen LogP contribution in [0.5, 0.6) is 0 Å². The summed E-state index contributed by atoms with van der Waals surface area (Å²) in [6, 6.07) is 0.357. The summed E-state index contributed by atoms with van der Waals surface area (Å²) < 4.78 is 2.39. The molecule has 0 aliphatic carbocycles. The van der Waals surface area contributed by atoms with Gasteiger partial charge in [-0.1, -0.05) is 25.6 Å². The number of piperidine rings is 2. The number of carbonyl (C=O) groups is 1. The maximum Gasteiger partial charge on any atom is 0.225 e. The van der Waals surface area contributed by atoms with E-state index in [0.29, 0.717) is 23.8 Å². The van der Waals surface area contributed by atoms with Crippen LogP contribution in [0.15, 0.2) is 22.5 Å². The SMILES string of the molecule is CCCSc1nc2c(n1C1CCN(C(=O)C3CCN(Cc4cnc(N)nc4)CC3)CC1)N=CCC2C. The Morgan fingerprint density at radius 1 is 1.11 bits per heavy atom. The van der Waals surface area contributed by atoms with Crippen molar-refractivity contribution in [1.29, 1.82) is 0 Å². The highest BCUT2D eigenvalue weighted by molar-refractivity contribution is 7.99. The first-order valence-electron chi connectivity index (χ1n) is 13.4. The van der Waals surface area contributed by atoms with E-state index in [9.17, 15) is 4.79 Å². The third-order valence-electron chi connectivity index (χ3n) is 7.66. The van der Waals surface area contributed by atoms with E-state index in [2.05, 4.69) is 38.2 Å². The number of nitrogen functional groups attached to an aromatic ring is 1. The van der Waals surface area contributed by atoms with E-state index in [0.717, 1.165) is 99.2 Å². The minimum atomic E-state index is 0.127. The smallest absolute Gasteiger partial charge is 0.225 e. The Morgan fingerprint density at radius 2 is 1.83 bits per heavy atom. The van der Waals surface area contributed by atoms with E-state index in [1.165, 1.54) is 0 Å². The Morgan fingerprint density at radius 3 is 2.53 bits per heavy atom. The number of amides is 1. The van der Waals surface area contributed by atoms with Gasteiger partial charge in [-0.05, 0) is 51.6 Å². The van der Waals surface area contributed by atoms with Gasteiger partial charge in [0.2, 0.25) is 11.9 Å². The standard InChI is InChI=1S/C26H38N8OS/c1-3-14-36-26-31-22-18(2)4-9-28-23(22)34(26)21-7-12-33(13-8-21)24(35)20-5-10-32(11-6-20)17-19-15-29-25(27)30-16-19/h9,15-16,18,20-21H,3-8,10-14,17H2,1-2H3,(H2,27,29,30). The molecule has 10 heteroatoms. The molecule has 1 amide bonds. The zero-order valence-corrected chi connectivity index (χ0v) is 22.3. The third-order valence-corrected chi connectivity index (χ3v) is 8.82. The summed E-state index contributed by atoms with van der Waals surface area (Å²) in [6.45, 7) is 8.74. The minimum absolute atomic E-state index is 0.127. The second-order valence-electron chi connectivity index (χ2n) is 10.3. The van der Waals surface area contributed by atoms with Crippen LogP contribution in [0.3, 0.4) is 0 Å². The number of rotatable bonds is 7. The Kier molecular flexibility index (Phi) is 7.90. The number of likely N-dealkylation sites (tertiary alicyclic amines) is 2. The van der Waals surface area contributed by atoms with Crippen molar-refractivity contribution in [2.24, 2.45) is 10.9 Å². The fraction of sp³-hybridized carbons (Fsp3) is 0.654. The average molecular weight is 511 g/mol. The number of aromatic nitrogens is 4. The maximum absolute atomic E-state index is 13.4. The number of hydrogen-bond acceptors (Lipinski definition) is 8. The van der Waals surface area contributed by atoms with Gasteiger partial charge in [0.05, 0.1) is 5.69 Å². The van der Waals surface area contributed by atoms with Crippen molar-refractivity contribution in [3.8, 4) is 0 Å². The highest BCUT2D eigenvalue weighted by atomic mass is 32.2. The van der Waals surface area contributed by atoms with Gasteiger partial charge >= 0.3 is 0 Å². The summed E-state index contributed by atoms with van der Waals surface area (Å²) in [5, 5.41) is 1.11. The summed E-state index contributed by atoms with van der Waals surface area (Å²) in [4.78, 5) is 35.8. The molecule has 0 saturated carbocycles. The predicted molar refractivity (Wildman–Crippen MR) is 144 cm³/mol. The van der Waals surface area contributed by atoms with Crippen LogP contribution in [0.2, 0.25) is 0 Å². The summed E-state index contributed by atoms with van der Waals surface area (Å²) in [7, 11) is 0. The van der Waals surface area contributed by atoms with E-state index >= 15 is 0 Å². The molecule has 2 aromatic rings. The van der Waals surface area contributed by atoms with Crippen LogP contribution in [0.4, 0.5) is 11.8 Å². The molecule has 0 bridgehead atoms. The van der Waals surface area contributed by atoms with Crippen LogP contribution >= 0.6 is 11.8 Å². The lowest BCUT2D eigenvalue weighted by molar-refractivity contribution is -0.138. The number of hydrogen-bond donors (Lipinski definition) is 1. The lowest BCUT2D eigenvalue weighted by atomic mass is 9.93. The zero-order chi connectivity index (χ0) is 25.1. The van der Waals surface area contributed by atoms with E-state index in [4.69, 9.17) is 15.7 Å². The van der Waals surface area contributed by atoms with Crippen LogP contribution in [-0.4, -0.2) is 73.4 Å². The summed E-state index contributed by atoms with van der Waals surface area (Å²) in [5.74, 6) is 3.30. The van der Waals surface area contributed by atoms with Crippen molar-refractivity contribution in [2.75, 3.05) is 37.7 Å². The first-order valence-corrected chi connectivity index (χ1v) is 14.4. The van der Waals surface area contributed by atoms with Crippen molar-refractivity contribution in [2.45, 2.75) is 76.0 Å². The van der Waals surface area contributed by atoms with Crippen molar-refractivity contribution in [3.63, 3.8) is 0 Å². The van der Waals surface area contributed by atoms with Crippen LogP contribution < -0.4 is 5.73 Å². The normalized spacial score (nSPS) is 21.6. The molecule has 2 saturated heterocycles. The van der Waals surface area contributed by atoms with E-state index in [1.54, 1.807) is 12.4 Å². The molecule has 0 aromatic carbocycles. The molecular weight excluding hydrogens is 472 g/mol. The Bertz CT molecular complexity index is 1070. The van der Waals surface area contributed by atoms with Gasteiger partial charge in [0.1, 0.15) is 0 Å². The van der Waals surface area contributed by atoms with Crippen LogP contribution in [0.1, 0.15) is 75.6 Å². The molecule has 194 valence electrons. The molecule has 2 fully saturated rings. The number of anilines is 1. The fourth-order valence-corrected chi connectivity index (χ4v) is 6.48. The minimum Gasteiger partial charge on any atom is -0.368 e. The molecule has 9 nitrogen and oxygen atoms in total. The van der Waals surface area contributed by atoms with Crippen molar-refractivity contribution < 1.29 is 4.79 Å². The highest BCUT2D eigenvalue weighted by Gasteiger charge is 2.34. The van der Waals surface area contributed by atoms with Crippen molar-refractivity contribution in [3.05, 3.63) is 23.7 Å². The van der Waals surface area contributed by atoms with Crippen molar-refractivity contribution >= 4 is 35.6 Å². The lowest BCUT2D eigenvalue weighted by Crippen LogP contribution is -2.45. The maximum atomic E-state index is 13.4. The van der Waals surface area contributed by atoms with Crippen molar-refractivity contribution in [1.82, 2.24) is 29.3 Å². The molecule has 2 aromatic heterocycles. The second kappa shape index (κ2) is 11.3. The van der Waals surface area contributed by atoms with Gasteiger partial charge in [-0.25, -0.2) is 19.9 Å². The molecule has 2 N–H and O–H groups in total. The average Bonchev–Trinajstić information content (AvgIpc) is 3.28. The van der Waals surface area contributed by atoms with Gasteiger partial charge in [0, 0.05) is 67.4 Å². The van der Waals surface area contributed by atoms with Gasteiger partial charge < -0.3 is 15.2 Å². The second-order valence-corrected chi connectivity index (χ2v) is 11.4. The number of imidazole rings is 1. The number of fused-ring (bicyclic) bond motifs is 1. The number of nitrogens with two attached hydrogens (primary N) is 1. The fourth-order valence-electron chi connectivity index (χ4n) is 5.56. The largest absolute Gasteiger partial charge is 0.368 e. The number of thioether (sulfide) groups is 1. The first-order chi connectivity index (χ1) is 17.5. The van der Waals surface area contributed by atoms with Gasteiger partial charge in [0.25, 0.3) is 0 Å². The summed E-state index contributed by atoms with van der Waals surface area (Å²) in [6.07, 6.45) is 11.5. The Balaban J connectivity index is 1.16. The topological polar surface area (TPSA) is 106 Å². The molecule has 1 atom stereocenters. The highest BCUT2D eigenvalue weighted by Crippen LogP contribution is 2.41. The number of aliphatic imine (C=N–C) groups is 1. The molecule has 0 spiro atoms. The molecule has 5 rings (SSSR count). The molecular formula is C26H38N8OS. The first kappa shape index (κ1) is 25.2. The van der Waals surface area contributed by atoms with Gasteiger partial charge in [-0.2, -0.15) is 0 Å². The number of carbonyl (C=O) groups excluding carboxylic acids is 1. The van der Waals surface area contributed by atoms with Gasteiger partial charge in [-0.3, -0.25) is 9.69 Å². The Hall–Kier alpha value is -2.46. The molecule has 3 aliphatic heterocycles. The summed E-state index contributed by atoms with van der Waals surface area (Å²) in [5.41, 5.74) is 7.80. The Labute approximate surface area is 218 Å². The summed E-state index contributed by atoms with van der Waals surface area (Å²) >= 11 is 1.85. The number of nitrogens with zero attached hydrogens (tertiary/aromatic N) is 7. The van der Waals surface area contributed by atoms with Crippen LogP contribution in [0.25, 0.3) is 0 Å². The molecule has 1 unspecified atom stereocenters. The quantitative estimate of drug-likeness (QED) is 0.560. The van der Waals surface area contributed by atoms with Crippen LogP contribution in [0, 0.1) is 5.92 Å². The lowest BCUT2D eigenvalue weighted by Gasteiger charge is -2.38.